The molecular weight excluding hydrogens is 375 g/mol. The highest BCUT2D eigenvalue weighted by atomic mass is 19.1. The van der Waals surface area contributed by atoms with Crippen LogP contribution in [0.4, 0.5) is 9.18 Å². The molecule has 3 aliphatic rings. The second-order valence-electron chi connectivity index (χ2n) is 7.74. The molecule has 1 aromatic rings. The molecule has 8 nitrogen and oxygen atoms in total. The monoisotopic (exact) mass is 402 g/mol. The van der Waals surface area contributed by atoms with Crippen molar-refractivity contribution in [3.63, 3.8) is 0 Å². The van der Waals surface area contributed by atoms with E-state index in [0.717, 1.165) is 38.6 Å². The van der Waals surface area contributed by atoms with Crippen molar-refractivity contribution in [2.75, 3.05) is 39.8 Å². The van der Waals surface area contributed by atoms with E-state index in [2.05, 4.69) is 22.0 Å². The average Bonchev–Trinajstić information content (AvgIpc) is 3.09. The third-order valence-electron chi connectivity index (χ3n) is 5.81. The van der Waals surface area contributed by atoms with Gasteiger partial charge in [0.2, 0.25) is 0 Å². The van der Waals surface area contributed by atoms with Crippen molar-refractivity contribution in [1.29, 1.82) is 0 Å². The lowest BCUT2D eigenvalue weighted by Gasteiger charge is -2.40. The zero-order valence-electron chi connectivity index (χ0n) is 16.8. The van der Waals surface area contributed by atoms with Crippen molar-refractivity contribution in [2.24, 2.45) is 4.99 Å². The maximum atomic E-state index is 13.9. The number of imide groups is 1. The fourth-order valence-electron chi connectivity index (χ4n) is 4.23. The van der Waals surface area contributed by atoms with Crippen molar-refractivity contribution in [3.8, 4) is 0 Å². The molecule has 0 bridgehead atoms. The molecule has 0 spiro atoms. The number of nitrogens with zero attached hydrogens (tertiary/aromatic N) is 5. The van der Waals surface area contributed by atoms with Gasteiger partial charge in [-0.25, -0.2) is 14.2 Å². The first kappa shape index (κ1) is 19.6. The van der Waals surface area contributed by atoms with Gasteiger partial charge in [0.15, 0.2) is 18.2 Å². The largest absolute Gasteiger partial charge is 0.340 e. The van der Waals surface area contributed by atoms with Gasteiger partial charge in [0, 0.05) is 51.9 Å². The topological polar surface area (TPSA) is 71.5 Å². The van der Waals surface area contributed by atoms with Gasteiger partial charge in [0.1, 0.15) is 5.82 Å². The van der Waals surface area contributed by atoms with E-state index in [-0.39, 0.29) is 11.7 Å². The Morgan fingerprint density at radius 2 is 1.90 bits per heavy atom. The molecule has 0 saturated carbocycles. The van der Waals surface area contributed by atoms with Crippen molar-refractivity contribution >= 4 is 17.9 Å². The molecule has 0 aliphatic carbocycles. The number of hydrogen-bond donors (Lipinski definition) is 1. The molecular formula is C20H27FN6O2. The second kappa shape index (κ2) is 7.98. The Kier molecular flexibility index (Phi) is 5.40. The fraction of sp³-hybridized carbons (Fsp3) is 0.550. The van der Waals surface area contributed by atoms with Crippen molar-refractivity contribution in [3.05, 3.63) is 35.6 Å². The third-order valence-corrected chi connectivity index (χ3v) is 5.81. The predicted octanol–water partition coefficient (Wildman–Crippen LogP) is 0.901. The van der Waals surface area contributed by atoms with Crippen LogP contribution in [0, 0.1) is 5.82 Å². The highest BCUT2D eigenvalue weighted by molar-refractivity contribution is 6.03. The number of piperazine rings is 1. The normalized spacial score (nSPS) is 25.2. The number of benzene rings is 1. The number of nitrogens with one attached hydrogen (secondary N) is 1. The number of urea groups is 1. The van der Waals surface area contributed by atoms with Crippen LogP contribution in [0.1, 0.15) is 18.9 Å². The van der Waals surface area contributed by atoms with Gasteiger partial charge in [-0.2, -0.15) is 0 Å². The summed E-state index contributed by atoms with van der Waals surface area (Å²) in [5.41, 5.74) is 0.703. The number of aliphatic imine (C=N–C) groups is 1. The molecule has 2 saturated heterocycles. The van der Waals surface area contributed by atoms with Crippen molar-refractivity contribution in [2.45, 2.75) is 32.1 Å². The van der Waals surface area contributed by atoms with Crippen LogP contribution in [-0.2, 0) is 11.3 Å². The zero-order valence-corrected chi connectivity index (χ0v) is 16.8. The molecule has 3 heterocycles. The van der Waals surface area contributed by atoms with Crippen LogP contribution in [0.5, 0.6) is 0 Å². The standard InChI is InChI=1S/C20H27FN6O2/c1-3-8-27-16-17(24(2)20(29)23-18(16)28)22-19(27)26-11-9-25(10-12-26)13-14-6-4-5-7-15(14)21/h4-7,16-17H,3,8-13H2,1-2H3,(H,23,28,29). The van der Waals surface area contributed by atoms with Crippen LogP contribution in [0.25, 0.3) is 0 Å². The van der Waals surface area contributed by atoms with Crippen LogP contribution < -0.4 is 5.32 Å². The average molecular weight is 402 g/mol. The predicted molar refractivity (Wildman–Crippen MR) is 107 cm³/mol. The lowest BCUT2D eigenvalue weighted by Crippen LogP contribution is -2.64. The van der Waals surface area contributed by atoms with Gasteiger partial charge in [-0.05, 0) is 12.5 Å². The quantitative estimate of drug-likeness (QED) is 0.810. The fourth-order valence-corrected chi connectivity index (χ4v) is 4.23. The van der Waals surface area contributed by atoms with E-state index in [0.29, 0.717) is 18.7 Å². The van der Waals surface area contributed by atoms with E-state index in [1.54, 1.807) is 13.1 Å². The van der Waals surface area contributed by atoms with E-state index >= 15 is 0 Å². The first-order valence-electron chi connectivity index (χ1n) is 10.1. The first-order chi connectivity index (χ1) is 14.0. The van der Waals surface area contributed by atoms with Crippen LogP contribution in [0.3, 0.4) is 0 Å². The summed E-state index contributed by atoms with van der Waals surface area (Å²) >= 11 is 0. The molecule has 3 aliphatic heterocycles. The number of hydrogen-bond acceptors (Lipinski definition) is 6. The molecule has 2 unspecified atom stereocenters. The Morgan fingerprint density at radius 3 is 2.59 bits per heavy atom. The molecule has 9 heteroatoms. The van der Waals surface area contributed by atoms with Gasteiger partial charge in [-0.3, -0.25) is 15.0 Å². The first-order valence-corrected chi connectivity index (χ1v) is 10.1. The van der Waals surface area contributed by atoms with Crippen molar-refractivity contribution in [1.82, 2.24) is 24.9 Å². The van der Waals surface area contributed by atoms with E-state index in [1.165, 1.54) is 11.0 Å². The van der Waals surface area contributed by atoms with Gasteiger partial charge < -0.3 is 14.7 Å². The molecule has 0 radical (unpaired) electrons. The number of rotatable bonds is 4. The SMILES string of the molecule is CCCN1C(N2CCN(Cc3ccccc3F)CC2)=NC2C1C(=O)NC(=O)N2C. The van der Waals surface area contributed by atoms with Crippen molar-refractivity contribution < 1.29 is 14.0 Å². The minimum Gasteiger partial charge on any atom is -0.340 e. The Bertz CT molecular complexity index is 823. The van der Waals surface area contributed by atoms with E-state index < -0.39 is 18.2 Å². The molecule has 0 aromatic heterocycles. The summed E-state index contributed by atoms with van der Waals surface area (Å²) in [7, 11) is 1.67. The Morgan fingerprint density at radius 1 is 1.17 bits per heavy atom. The maximum absolute atomic E-state index is 13.9. The maximum Gasteiger partial charge on any atom is 0.325 e. The Hall–Kier alpha value is -2.68. The van der Waals surface area contributed by atoms with E-state index in [9.17, 15) is 14.0 Å². The summed E-state index contributed by atoms with van der Waals surface area (Å²) < 4.78 is 13.9. The summed E-state index contributed by atoms with van der Waals surface area (Å²) in [4.78, 5) is 37.2. The number of fused-ring (bicyclic) bond motifs is 1. The van der Waals surface area contributed by atoms with Gasteiger partial charge in [0.05, 0.1) is 0 Å². The van der Waals surface area contributed by atoms with Crippen LogP contribution >= 0.6 is 0 Å². The smallest absolute Gasteiger partial charge is 0.325 e. The molecule has 1 N–H and O–H groups in total. The van der Waals surface area contributed by atoms with Crippen LogP contribution in [0.15, 0.2) is 29.3 Å². The summed E-state index contributed by atoms with van der Waals surface area (Å²) in [6.07, 6.45) is 0.384. The third kappa shape index (κ3) is 3.66. The summed E-state index contributed by atoms with van der Waals surface area (Å²) in [5, 5.41) is 2.42. The molecule has 29 heavy (non-hydrogen) atoms. The van der Waals surface area contributed by atoms with Crippen LogP contribution in [-0.4, -0.2) is 89.5 Å². The highest BCUT2D eigenvalue weighted by Crippen LogP contribution is 2.26. The van der Waals surface area contributed by atoms with Gasteiger partial charge in [-0.15, -0.1) is 0 Å². The summed E-state index contributed by atoms with van der Waals surface area (Å²) in [5.74, 6) is 0.319. The number of amides is 3. The zero-order chi connectivity index (χ0) is 20.5. The number of halogens is 1. The Labute approximate surface area is 169 Å². The van der Waals surface area contributed by atoms with Crippen LogP contribution in [0.2, 0.25) is 0 Å². The summed E-state index contributed by atoms with van der Waals surface area (Å²) in [6.45, 7) is 6.39. The number of guanidine groups is 1. The van der Waals surface area contributed by atoms with Gasteiger partial charge in [0.25, 0.3) is 5.91 Å². The van der Waals surface area contributed by atoms with Gasteiger partial charge >= 0.3 is 6.03 Å². The molecule has 1 aromatic carbocycles. The highest BCUT2D eigenvalue weighted by Gasteiger charge is 2.49. The van der Waals surface area contributed by atoms with E-state index in [4.69, 9.17) is 4.99 Å². The molecule has 3 amide bonds. The lowest BCUT2D eigenvalue weighted by molar-refractivity contribution is -0.127. The number of carbonyl (C=O) groups is 2. The van der Waals surface area contributed by atoms with Gasteiger partial charge in [-0.1, -0.05) is 25.1 Å². The molecule has 156 valence electrons. The second-order valence-corrected chi connectivity index (χ2v) is 7.74. The minimum atomic E-state index is -0.491. The molecule has 4 rings (SSSR count). The number of likely N-dealkylation sites (N-methyl/N-ethyl adjacent to an activating group) is 1. The summed E-state index contributed by atoms with van der Waals surface area (Å²) in [6, 6.07) is 5.98. The Balaban J connectivity index is 1.46. The molecule has 2 atom stereocenters. The minimum absolute atomic E-state index is 0.174. The molecule has 2 fully saturated rings. The lowest BCUT2D eigenvalue weighted by atomic mass is 10.1. The number of carbonyl (C=O) groups excluding carboxylic acids is 2. The van der Waals surface area contributed by atoms with E-state index in [1.807, 2.05) is 17.0 Å².